The number of aryl methyl sites for hydroxylation is 1. The molecule has 0 saturated carbocycles. The van der Waals surface area contributed by atoms with Crippen LogP contribution in [0, 0.1) is 0 Å². The van der Waals surface area contributed by atoms with Crippen LogP contribution in [0.4, 0.5) is 0 Å². The Labute approximate surface area is 97.9 Å². The minimum Gasteiger partial charge on any atom is -0.475 e. The van der Waals surface area contributed by atoms with Crippen LogP contribution in [0.2, 0.25) is 0 Å². The van der Waals surface area contributed by atoms with E-state index in [1.807, 2.05) is 6.92 Å². The van der Waals surface area contributed by atoms with Gasteiger partial charge in [-0.25, -0.2) is 4.79 Å². The largest absolute Gasteiger partial charge is 0.475 e. The number of carboxylic acid groups (broad SMARTS) is 1. The first-order valence-corrected chi connectivity index (χ1v) is 5.27. The van der Waals surface area contributed by atoms with Gasteiger partial charge in [-0.3, -0.25) is 9.78 Å². The van der Waals surface area contributed by atoms with Crippen molar-refractivity contribution >= 4 is 22.5 Å². The van der Waals surface area contributed by atoms with Crippen LogP contribution in [0.5, 0.6) is 0 Å². The molecule has 1 aromatic carbocycles. The molecule has 17 heavy (non-hydrogen) atoms. The molecule has 0 unspecified atom stereocenters. The zero-order valence-corrected chi connectivity index (χ0v) is 9.30. The van der Waals surface area contributed by atoms with Crippen molar-refractivity contribution in [3.63, 3.8) is 0 Å². The molecule has 0 amide bonds. The van der Waals surface area contributed by atoms with Gasteiger partial charge in [0, 0.05) is 23.3 Å². The number of fused-ring (bicyclic) bond motifs is 1. The lowest BCUT2D eigenvalue weighted by Crippen LogP contribution is -2.12. The zero-order valence-electron chi connectivity index (χ0n) is 9.30. The van der Waals surface area contributed by atoms with E-state index in [-0.39, 0.29) is 5.56 Å². The maximum absolute atomic E-state index is 11.3. The van der Waals surface area contributed by atoms with E-state index in [9.17, 15) is 9.59 Å². The molecule has 0 spiro atoms. The number of rotatable bonds is 3. The maximum Gasteiger partial charge on any atom is 0.377 e. The third-order valence-corrected chi connectivity index (χ3v) is 2.68. The number of carbonyl (C=O) groups is 2. The van der Waals surface area contributed by atoms with Gasteiger partial charge in [-0.05, 0) is 23.4 Å². The van der Waals surface area contributed by atoms with Crippen molar-refractivity contribution in [3.8, 4) is 0 Å². The van der Waals surface area contributed by atoms with Crippen LogP contribution < -0.4 is 0 Å². The average molecular weight is 229 g/mol. The molecule has 4 nitrogen and oxygen atoms in total. The Balaban J connectivity index is 2.59. The Hall–Kier alpha value is -2.23. The van der Waals surface area contributed by atoms with Crippen LogP contribution in [-0.4, -0.2) is 21.8 Å². The highest BCUT2D eigenvalue weighted by Gasteiger charge is 2.14. The summed E-state index contributed by atoms with van der Waals surface area (Å²) in [6.45, 7) is 2.02. The molecular weight excluding hydrogens is 218 g/mol. The molecule has 0 saturated heterocycles. The van der Waals surface area contributed by atoms with E-state index in [1.54, 1.807) is 24.5 Å². The summed E-state index contributed by atoms with van der Waals surface area (Å²) in [5.41, 5.74) is 1.26. The number of aliphatic carboxylic acids is 1. The van der Waals surface area contributed by atoms with Crippen LogP contribution in [0.15, 0.2) is 30.6 Å². The first-order chi connectivity index (χ1) is 8.13. The second-order valence-corrected chi connectivity index (χ2v) is 3.72. The minimum atomic E-state index is -1.44. The number of benzene rings is 1. The molecule has 4 heteroatoms. The lowest BCUT2D eigenvalue weighted by Gasteiger charge is -2.04. The van der Waals surface area contributed by atoms with Crippen LogP contribution in [0.3, 0.4) is 0 Å². The van der Waals surface area contributed by atoms with Crippen LogP contribution in [-0.2, 0) is 11.2 Å². The topological polar surface area (TPSA) is 67.3 Å². The lowest BCUT2D eigenvalue weighted by molar-refractivity contribution is -0.131. The molecule has 1 N–H and O–H groups in total. The Morgan fingerprint density at radius 1 is 1.29 bits per heavy atom. The molecular formula is C13H11NO3. The zero-order chi connectivity index (χ0) is 12.4. The van der Waals surface area contributed by atoms with Gasteiger partial charge in [-0.2, -0.15) is 0 Å². The highest BCUT2D eigenvalue weighted by atomic mass is 16.4. The number of ketones is 1. The smallest absolute Gasteiger partial charge is 0.377 e. The number of aromatic nitrogens is 1. The first kappa shape index (κ1) is 11.3. The summed E-state index contributed by atoms with van der Waals surface area (Å²) in [5.74, 6) is -2.34. The molecule has 2 aromatic rings. The Kier molecular flexibility index (Phi) is 2.87. The number of hydrogen-bond donors (Lipinski definition) is 1. The molecule has 0 radical (unpaired) electrons. The van der Waals surface area contributed by atoms with Crippen molar-refractivity contribution in [1.29, 1.82) is 0 Å². The van der Waals surface area contributed by atoms with Gasteiger partial charge in [0.15, 0.2) is 0 Å². The third-order valence-electron chi connectivity index (χ3n) is 2.68. The summed E-state index contributed by atoms with van der Waals surface area (Å²) >= 11 is 0. The quantitative estimate of drug-likeness (QED) is 0.646. The van der Waals surface area contributed by atoms with E-state index in [1.165, 1.54) is 6.07 Å². The van der Waals surface area contributed by atoms with Gasteiger partial charge in [0.2, 0.25) is 0 Å². The van der Waals surface area contributed by atoms with Crippen molar-refractivity contribution in [2.45, 2.75) is 13.3 Å². The third kappa shape index (κ3) is 2.01. The van der Waals surface area contributed by atoms with Crippen LogP contribution in [0.25, 0.3) is 10.8 Å². The average Bonchev–Trinajstić information content (AvgIpc) is 2.36. The number of pyridine rings is 1. The van der Waals surface area contributed by atoms with Gasteiger partial charge in [-0.15, -0.1) is 0 Å². The lowest BCUT2D eigenvalue weighted by atomic mass is 10.0. The number of carboxylic acids is 1. The fourth-order valence-electron chi connectivity index (χ4n) is 1.79. The van der Waals surface area contributed by atoms with Crippen molar-refractivity contribution < 1.29 is 14.7 Å². The molecule has 1 heterocycles. The standard InChI is InChI=1S/C13H11NO3/c1-2-8-6-14-7-10-5-9(3-4-11(8)10)12(15)13(16)17/h3-7H,2H2,1H3,(H,16,17). The normalized spacial score (nSPS) is 10.4. The van der Waals surface area contributed by atoms with E-state index >= 15 is 0 Å². The summed E-state index contributed by atoms with van der Waals surface area (Å²) in [6.07, 6.45) is 4.25. The highest BCUT2D eigenvalue weighted by Crippen LogP contribution is 2.19. The molecule has 2 rings (SSSR count). The molecule has 0 fully saturated rings. The summed E-state index contributed by atoms with van der Waals surface area (Å²) in [7, 11) is 0. The SMILES string of the molecule is CCc1cncc2cc(C(=O)C(=O)O)ccc12. The van der Waals surface area contributed by atoms with Gasteiger partial charge < -0.3 is 5.11 Å². The number of hydrogen-bond acceptors (Lipinski definition) is 3. The van der Waals surface area contributed by atoms with E-state index in [4.69, 9.17) is 5.11 Å². The van der Waals surface area contributed by atoms with Crippen molar-refractivity contribution in [1.82, 2.24) is 4.98 Å². The van der Waals surface area contributed by atoms with E-state index in [2.05, 4.69) is 4.98 Å². The van der Waals surface area contributed by atoms with Crippen LogP contribution in [0.1, 0.15) is 22.8 Å². The summed E-state index contributed by atoms with van der Waals surface area (Å²) in [4.78, 5) is 26.0. The second kappa shape index (κ2) is 4.33. The minimum absolute atomic E-state index is 0.181. The van der Waals surface area contributed by atoms with E-state index in [0.29, 0.717) is 0 Å². The molecule has 0 aliphatic carbocycles. The first-order valence-electron chi connectivity index (χ1n) is 5.27. The Morgan fingerprint density at radius 3 is 2.71 bits per heavy atom. The van der Waals surface area contributed by atoms with Gasteiger partial charge >= 0.3 is 5.97 Å². The number of carbonyl (C=O) groups excluding carboxylic acids is 1. The number of Topliss-reactive ketones (excluding diaryl/α,β-unsaturated/α-hetero) is 1. The van der Waals surface area contributed by atoms with Gasteiger partial charge in [0.25, 0.3) is 5.78 Å². The van der Waals surface area contributed by atoms with E-state index in [0.717, 1.165) is 22.8 Å². The predicted octanol–water partition coefficient (Wildman–Crippen LogP) is 2.06. The van der Waals surface area contributed by atoms with Crippen molar-refractivity contribution in [2.24, 2.45) is 0 Å². The fraction of sp³-hybridized carbons (Fsp3) is 0.154. The summed E-state index contributed by atoms with van der Waals surface area (Å²) in [5, 5.41) is 10.4. The van der Waals surface area contributed by atoms with Gasteiger partial charge in [-0.1, -0.05) is 19.1 Å². The molecule has 0 atom stereocenters. The van der Waals surface area contributed by atoms with E-state index < -0.39 is 11.8 Å². The Morgan fingerprint density at radius 2 is 2.06 bits per heavy atom. The monoisotopic (exact) mass is 229 g/mol. The van der Waals surface area contributed by atoms with Gasteiger partial charge in [0.05, 0.1) is 0 Å². The van der Waals surface area contributed by atoms with Crippen LogP contribution >= 0.6 is 0 Å². The Bertz CT molecular complexity index is 605. The van der Waals surface area contributed by atoms with Crippen molar-refractivity contribution in [3.05, 3.63) is 41.7 Å². The summed E-state index contributed by atoms with van der Waals surface area (Å²) in [6, 6.07) is 4.88. The molecule has 1 aromatic heterocycles. The molecule has 86 valence electrons. The highest BCUT2D eigenvalue weighted by molar-refractivity contribution is 6.40. The second-order valence-electron chi connectivity index (χ2n) is 3.72. The van der Waals surface area contributed by atoms with Crippen molar-refractivity contribution in [2.75, 3.05) is 0 Å². The molecule has 0 aliphatic heterocycles. The fourth-order valence-corrected chi connectivity index (χ4v) is 1.79. The maximum atomic E-state index is 11.3. The predicted molar refractivity (Wildman–Crippen MR) is 63.1 cm³/mol. The number of nitrogens with zero attached hydrogens (tertiary/aromatic N) is 1. The molecule has 0 bridgehead atoms. The summed E-state index contributed by atoms with van der Waals surface area (Å²) < 4.78 is 0. The van der Waals surface area contributed by atoms with Gasteiger partial charge in [0.1, 0.15) is 0 Å². The molecule has 0 aliphatic rings.